The standard InChI is InChI=1S/C35H40N2O4.C7H17NO5/c1-2-3-7-27-10-12-28(13-11-27)14-15-29-16-18-30(19-17-29)24-37(35(40)36-32-8-5-4-6-9-32)25-31-20-22-33(23-21-31)41-26-34(38)39;1-8-2-4(10)6(12)7(13)5(11)3-9/h10-13,16-23,32H,2-9,24-26H2,1H3,(H,36,40)(H,38,39);4-13H,2-3H2,1H3/t;4-,5+,6+,7+/m.0/s1. The first-order valence-corrected chi connectivity index (χ1v) is 18.8. The Morgan fingerprint density at radius 2 is 1.35 bits per heavy atom. The number of hydrogen-bond donors (Lipinski definition) is 7. The van der Waals surface area contributed by atoms with Gasteiger partial charge in [-0.05, 0) is 78.8 Å². The van der Waals surface area contributed by atoms with Crippen molar-refractivity contribution in [2.75, 3.05) is 26.8 Å². The minimum absolute atomic E-state index is 0.0829. The van der Waals surface area contributed by atoms with Crippen LogP contribution >= 0.6 is 0 Å². The SMILES string of the molecule is CCCCc1ccc(C#Cc2ccc(CN(Cc3ccc(OCC(=O)[O-])cc3)C(=O)NC3CCCCC3)cc2)cc1.C[NH2+]C[C@H](O)[C@@H](O)[C@H](O)[C@H](O)CO. The zero-order valence-electron chi connectivity index (χ0n) is 31.4. The van der Waals surface area contributed by atoms with Crippen LogP contribution in [0.1, 0.15) is 79.7 Å². The molecular weight excluding hydrogens is 690 g/mol. The summed E-state index contributed by atoms with van der Waals surface area (Å²) in [6, 6.07) is 23.8. The fourth-order valence-electron chi connectivity index (χ4n) is 5.90. The molecule has 0 aliphatic heterocycles. The van der Waals surface area contributed by atoms with Crippen LogP contribution in [0.5, 0.6) is 5.75 Å². The normalized spacial score (nSPS) is 14.9. The first-order chi connectivity index (χ1) is 26.0. The molecule has 12 heteroatoms. The zero-order chi connectivity index (χ0) is 39.3. The number of nitrogens with zero attached hydrogens (tertiary/aromatic N) is 1. The van der Waals surface area contributed by atoms with Crippen molar-refractivity contribution < 1.29 is 50.3 Å². The Morgan fingerprint density at radius 1 is 0.833 bits per heavy atom. The van der Waals surface area contributed by atoms with Crippen LogP contribution in [-0.4, -0.2) is 99.7 Å². The number of unbranched alkanes of at least 4 members (excludes halogenated alkanes) is 1. The first kappa shape index (κ1) is 43.9. The van der Waals surface area contributed by atoms with Crippen LogP contribution < -0.4 is 20.5 Å². The quantitative estimate of drug-likeness (QED) is 0.0993. The maximum atomic E-state index is 13.4. The second-order valence-electron chi connectivity index (χ2n) is 13.6. The summed E-state index contributed by atoms with van der Waals surface area (Å²) in [6.07, 6.45) is 3.50. The Hall–Kier alpha value is -4.48. The van der Waals surface area contributed by atoms with E-state index in [0.29, 0.717) is 18.8 Å². The van der Waals surface area contributed by atoms with E-state index in [1.54, 1.807) is 24.5 Å². The van der Waals surface area contributed by atoms with E-state index in [2.05, 4.69) is 48.3 Å². The number of aliphatic hydroxyl groups is 5. The molecule has 2 amide bonds. The molecule has 0 radical (unpaired) electrons. The number of aryl methyl sites for hydroxylation is 1. The van der Waals surface area contributed by atoms with E-state index in [9.17, 15) is 24.9 Å². The number of nitrogens with one attached hydrogen (secondary N) is 1. The zero-order valence-corrected chi connectivity index (χ0v) is 31.4. The number of aliphatic carboxylic acids is 1. The minimum Gasteiger partial charge on any atom is -0.546 e. The Kier molecular flexibility index (Phi) is 19.5. The number of benzene rings is 3. The summed E-state index contributed by atoms with van der Waals surface area (Å²) >= 11 is 0. The highest BCUT2D eigenvalue weighted by Crippen LogP contribution is 2.20. The highest BCUT2D eigenvalue weighted by Gasteiger charge is 2.30. The number of rotatable bonds is 17. The van der Waals surface area contributed by atoms with Crippen molar-refractivity contribution in [1.82, 2.24) is 10.2 Å². The molecule has 1 aliphatic carbocycles. The van der Waals surface area contributed by atoms with Crippen LogP contribution in [0.4, 0.5) is 4.79 Å². The van der Waals surface area contributed by atoms with E-state index in [1.165, 1.54) is 24.8 Å². The molecular formula is C42H57N3O9. The molecule has 0 heterocycles. The van der Waals surface area contributed by atoms with Gasteiger partial charge in [0.05, 0.1) is 19.6 Å². The van der Waals surface area contributed by atoms with Gasteiger partial charge in [0.1, 0.15) is 43.3 Å². The van der Waals surface area contributed by atoms with Gasteiger partial charge in [-0.1, -0.05) is 80.8 Å². The van der Waals surface area contributed by atoms with Crippen molar-refractivity contribution in [1.29, 1.82) is 0 Å². The topological polar surface area (TPSA) is 199 Å². The second-order valence-corrected chi connectivity index (χ2v) is 13.6. The molecule has 0 bridgehead atoms. The summed E-state index contributed by atoms with van der Waals surface area (Å²) < 4.78 is 5.18. The molecule has 1 fully saturated rings. The highest BCUT2D eigenvalue weighted by molar-refractivity contribution is 5.74. The molecule has 4 atom stereocenters. The average molecular weight is 748 g/mol. The fourth-order valence-corrected chi connectivity index (χ4v) is 5.90. The van der Waals surface area contributed by atoms with Gasteiger partial charge < -0.3 is 55.7 Å². The minimum atomic E-state index is -1.53. The lowest BCUT2D eigenvalue weighted by Gasteiger charge is -2.28. The molecule has 4 rings (SSSR count). The van der Waals surface area contributed by atoms with Crippen molar-refractivity contribution >= 4 is 12.0 Å². The number of hydrogen-bond acceptors (Lipinski definition) is 9. The van der Waals surface area contributed by atoms with Crippen LogP contribution in [0.2, 0.25) is 0 Å². The van der Waals surface area contributed by atoms with Gasteiger partial charge >= 0.3 is 6.03 Å². The Balaban J connectivity index is 0.000000515. The molecule has 0 saturated heterocycles. The summed E-state index contributed by atoms with van der Waals surface area (Å²) in [5.74, 6) is 5.67. The Morgan fingerprint density at radius 3 is 1.85 bits per heavy atom. The van der Waals surface area contributed by atoms with Gasteiger partial charge in [-0.3, -0.25) is 0 Å². The number of carboxylic acid groups (broad SMARTS) is 1. The molecule has 3 aromatic carbocycles. The van der Waals surface area contributed by atoms with Crippen LogP contribution in [0.25, 0.3) is 0 Å². The third-order valence-corrected chi connectivity index (χ3v) is 9.13. The number of amides is 2. The Labute approximate surface area is 318 Å². The van der Waals surface area contributed by atoms with Gasteiger partial charge in [-0.25, -0.2) is 4.79 Å². The maximum Gasteiger partial charge on any atom is 0.318 e. The van der Waals surface area contributed by atoms with E-state index in [-0.39, 0.29) is 18.6 Å². The van der Waals surface area contributed by atoms with Gasteiger partial charge in [0.25, 0.3) is 0 Å². The predicted octanol–water partition coefficient (Wildman–Crippen LogP) is 1.22. The maximum absolute atomic E-state index is 13.4. The molecule has 294 valence electrons. The number of aliphatic hydroxyl groups excluding tert-OH is 5. The van der Waals surface area contributed by atoms with E-state index < -0.39 is 43.6 Å². The predicted molar refractivity (Wildman–Crippen MR) is 203 cm³/mol. The summed E-state index contributed by atoms with van der Waals surface area (Å²) in [4.78, 5) is 25.8. The number of quaternary nitrogens is 1. The lowest BCUT2D eigenvalue weighted by atomic mass is 9.96. The van der Waals surface area contributed by atoms with E-state index in [4.69, 9.17) is 20.1 Å². The number of ether oxygens (including phenoxy) is 1. The van der Waals surface area contributed by atoms with Crippen molar-refractivity contribution in [2.45, 2.75) is 102 Å². The molecule has 1 aliphatic rings. The van der Waals surface area contributed by atoms with Crippen LogP contribution in [0, 0.1) is 11.8 Å². The largest absolute Gasteiger partial charge is 0.546 e. The van der Waals surface area contributed by atoms with Crippen molar-refractivity contribution in [3.05, 3.63) is 101 Å². The third-order valence-electron chi connectivity index (χ3n) is 9.13. The fraction of sp³-hybridized carbons (Fsp3) is 0.476. The second kappa shape index (κ2) is 24.0. The molecule has 1 saturated carbocycles. The van der Waals surface area contributed by atoms with Gasteiger partial charge in [0.15, 0.2) is 0 Å². The third kappa shape index (κ3) is 15.9. The average Bonchev–Trinajstić information content (AvgIpc) is 3.19. The van der Waals surface area contributed by atoms with Crippen molar-refractivity contribution in [3.63, 3.8) is 0 Å². The van der Waals surface area contributed by atoms with Crippen LogP contribution in [0.3, 0.4) is 0 Å². The number of nitrogens with two attached hydrogens (primary N) is 1. The van der Waals surface area contributed by atoms with E-state index >= 15 is 0 Å². The molecule has 0 unspecified atom stereocenters. The number of carbonyl (C=O) groups is 2. The number of carboxylic acids is 1. The molecule has 8 N–H and O–H groups in total. The summed E-state index contributed by atoms with van der Waals surface area (Å²) in [7, 11) is 1.70. The molecule has 12 nitrogen and oxygen atoms in total. The van der Waals surface area contributed by atoms with Gasteiger partial charge in [0.2, 0.25) is 0 Å². The number of likely N-dealkylation sites (N-methyl/N-ethyl adjacent to an activating group) is 1. The van der Waals surface area contributed by atoms with Crippen molar-refractivity contribution in [2.24, 2.45) is 0 Å². The summed E-state index contributed by atoms with van der Waals surface area (Å²) in [6.45, 7) is 2.14. The van der Waals surface area contributed by atoms with Gasteiger partial charge in [-0.15, -0.1) is 0 Å². The van der Waals surface area contributed by atoms with Crippen LogP contribution in [0.15, 0.2) is 72.8 Å². The van der Waals surface area contributed by atoms with E-state index in [0.717, 1.165) is 54.4 Å². The monoisotopic (exact) mass is 747 g/mol. The van der Waals surface area contributed by atoms with Gasteiger partial charge in [0, 0.05) is 30.3 Å². The van der Waals surface area contributed by atoms with Gasteiger partial charge in [-0.2, -0.15) is 0 Å². The number of carbonyl (C=O) groups excluding carboxylic acids is 2. The molecule has 3 aromatic rings. The number of urea groups is 1. The highest BCUT2D eigenvalue weighted by atomic mass is 16.5. The molecule has 54 heavy (non-hydrogen) atoms. The Bertz CT molecular complexity index is 1580. The summed E-state index contributed by atoms with van der Waals surface area (Å²) in [5.41, 5.74) is 5.21. The first-order valence-electron chi connectivity index (χ1n) is 18.8. The smallest absolute Gasteiger partial charge is 0.318 e. The molecule has 0 aromatic heterocycles. The van der Waals surface area contributed by atoms with E-state index in [1.807, 2.05) is 41.3 Å². The van der Waals surface area contributed by atoms with Crippen LogP contribution in [-0.2, 0) is 24.3 Å². The summed E-state index contributed by atoms with van der Waals surface area (Å²) in [5, 5.41) is 60.5. The lowest BCUT2D eigenvalue weighted by molar-refractivity contribution is -0.635. The van der Waals surface area contributed by atoms with Crippen molar-refractivity contribution in [3.8, 4) is 17.6 Å². The lowest BCUT2D eigenvalue weighted by Crippen LogP contribution is -2.83. The molecule has 0 spiro atoms.